The quantitative estimate of drug-likeness (QED) is 0.362. The normalized spacial score (nSPS) is 12.7. The van der Waals surface area contributed by atoms with Crippen LogP contribution in [0, 0.1) is 0 Å². The molecule has 4 rings (SSSR count). The molecule has 9 heteroatoms. The Bertz CT molecular complexity index is 1250. The number of hydrogen-bond acceptors (Lipinski definition) is 6. The average Bonchev–Trinajstić information content (AvgIpc) is 3.20. The van der Waals surface area contributed by atoms with Crippen LogP contribution in [0.1, 0.15) is 22.6 Å². The van der Waals surface area contributed by atoms with Gasteiger partial charge in [-0.3, -0.25) is 4.79 Å². The fraction of sp³-hybridized carbons (Fsp3) is 0.222. The van der Waals surface area contributed by atoms with E-state index in [1.807, 2.05) is 48.5 Å². The molecule has 0 aromatic heterocycles. The minimum Gasteiger partial charge on any atom is -0.508 e. The van der Waals surface area contributed by atoms with E-state index in [9.17, 15) is 24.6 Å². The fourth-order valence-electron chi connectivity index (χ4n) is 4.31. The SMILES string of the molecule is COc1ccc(CC(NC(=O)CNC(=O)OCC2c3ccccc3-c3ccccc32)C(=O)O)c(O)c1. The number of methoxy groups -OCH3 is 1. The molecule has 2 amide bonds. The van der Waals surface area contributed by atoms with E-state index in [0.29, 0.717) is 11.3 Å². The van der Waals surface area contributed by atoms with Gasteiger partial charge in [-0.15, -0.1) is 0 Å². The number of carboxylic acid groups (broad SMARTS) is 1. The van der Waals surface area contributed by atoms with Gasteiger partial charge in [0.25, 0.3) is 0 Å². The van der Waals surface area contributed by atoms with Crippen molar-refractivity contribution >= 4 is 18.0 Å². The monoisotopic (exact) mass is 490 g/mol. The van der Waals surface area contributed by atoms with E-state index in [4.69, 9.17) is 9.47 Å². The molecule has 1 unspecified atom stereocenters. The molecular formula is C27H26N2O7. The van der Waals surface area contributed by atoms with Gasteiger partial charge in [-0.25, -0.2) is 9.59 Å². The fourth-order valence-corrected chi connectivity index (χ4v) is 4.31. The van der Waals surface area contributed by atoms with Gasteiger partial charge in [0.1, 0.15) is 30.7 Å². The average molecular weight is 491 g/mol. The lowest BCUT2D eigenvalue weighted by Crippen LogP contribution is -2.46. The second-order valence-corrected chi connectivity index (χ2v) is 8.34. The summed E-state index contributed by atoms with van der Waals surface area (Å²) in [6, 6.07) is 19.0. The Morgan fingerprint density at radius 3 is 2.19 bits per heavy atom. The molecule has 36 heavy (non-hydrogen) atoms. The van der Waals surface area contributed by atoms with Crippen molar-refractivity contribution in [3.8, 4) is 22.6 Å². The molecule has 4 N–H and O–H groups in total. The molecule has 0 radical (unpaired) electrons. The van der Waals surface area contributed by atoms with Crippen molar-refractivity contribution in [2.45, 2.75) is 18.4 Å². The van der Waals surface area contributed by atoms with Gasteiger partial charge in [0.2, 0.25) is 5.91 Å². The van der Waals surface area contributed by atoms with E-state index < -0.39 is 30.6 Å². The number of ether oxygens (including phenoxy) is 2. The Morgan fingerprint density at radius 1 is 0.972 bits per heavy atom. The van der Waals surface area contributed by atoms with E-state index in [1.165, 1.54) is 19.2 Å². The Hall–Kier alpha value is -4.53. The van der Waals surface area contributed by atoms with Crippen LogP contribution in [-0.4, -0.2) is 54.5 Å². The number of phenols is 1. The number of phenolic OH excluding ortho intramolecular Hbond substituents is 1. The maximum atomic E-state index is 12.3. The molecule has 0 saturated heterocycles. The summed E-state index contributed by atoms with van der Waals surface area (Å²) in [6.45, 7) is -0.370. The Kier molecular flexibility index (Phi) is 7.39. The van der Waals surface area contributed by atoms with Gasteiger partial charge in [-0.1, -0.05) is 54.6 Å². The van der Waals surface area contributed by atoms with Crippen LogP contribution in [0.15, 0.2) is 66.7 Å². The molecule has 3 aromatic carbocycles. The van der Waals surface area contributed by atoms with E-state index in [-0.39, 0.29) is 24.7 Å². The zero-order valence-corrected chi connectivity index (χ0v) is 19.6. The number of carbonyl (C=O) groups is 3. The number of hydrogen-bond donors (Lipinski definition) is 4. The van der Waals surface area contributed by atoms with E-state index in [2.05, 4.69) is 10.6 Å². The Morgan fingerprint density at radius 2 is 1.61 bits per heavy atom. The first-order chi connectivity index (χ1) is 17.4. The van der Waals surface area contributed by atoms with Crippen LogP contribution in [-0.2, 0) is 20.7 Å². The molecular weight excluding hydrogens is 464 g/mol. The minimum absolute atomic E-state index is 0.0932. The largest absolute Gasteiger partial charge is 0.508 e. The third-order valence-corrected chi connectivity index (χ3v) is 6.09. The Labute approximate surface area is 207 Å². The number of alkyl carbamates (subject to hydrolysis) is 1. The van der Waals surface area contributed by atoms with Crippen LogP contribution in [0.3, 0.4) is 0 Å². The molecule has 3 aromatic rings. The van der Waals surface area contributed by atoms with E-state index in [1.54, 1.807) is 6.07 Å². The highest BCUT2D eigenvalue weighted by atomic mass is 16.5. The molecule has 0 bridgehead atoms. The number of benzene rings is 3. The number of carboxylic acids is 1. The van der Waals surface area contributed by atoms with Crippen LogP contribution >= 0.6 is 0 Å². The summed E-state index contributed by atoms with van der Waals surface area (Å²) < 4.78 is 10.4. The first kappa shape index (κ1) is 24.6. The number of carbonyl (C=O) groups excluding carboxylic acids is 2. The number of aliphatic carboxylic acids is 1. The van der Waals surface area contributed by atoms with Crippen molar-refractivity contribution in [3.05, 3.63) is 83.4 Å². The second kappa shape index (κ2) is 10.8. The highest BCUT2D eigenvalue weighted by molar-refractivity contribution is 5.87. The molecule has 9 nitrogen and oxygen atoms in total. The predicted octanol–water partition coefficient (Wildman–Crippen LogP) is 3.05. The second-order valence-electron chi connectivity index (χ2n) is 8.34. The lowest BCUT2D eigenvalue weighted by molar-refractivity contribution is -0.141. The lowest BCUT2D eigenvalue weighted by atomic mass is 9.98. The molecule has 0 heterocycles. The van der Waals surface area contributed by atoms with Gasteiger partial charge in [0.05, 0.1) is 7.11 Å². The van der Waals surface area contributed by atoms with Crippen LogP contribution in [0.5, 0.6) is 11.5 Å². The zero-order valence-electron chi connectivity index (χ0n) is 19.6. The predicted molar refractivity (Wildman–Crippen MR) is 131 cm³/mol. The zero-order chi connectivity index (χ0) is 25.7. The minimum atomic E-state index is -1.30. The van der Waals surface area contributed by atoms with Crippen molar-refractivity contribution in [3.63, 3.8) is 0 Å². The van der Waals surface area contributed by atoms with Gasteiger partial charge in [0.15, 0.2) is 0 Å². The van der Waals surface area contributed by atoms with Gasteiger partial charge in [0, 0.05) is 18.4 Å². The van der Waals surface area contributed by atoms with Crippen molar-refractivity contribution in [2.24, 2.45) is 0 Å². The first-order valence-corrected chi connectivity index (χ1v) is 11.3. The number of aromatic hydroxyl groups is 1. The maximum Gasteiger partial charge on any atom is 0.407 e. The summed E-state index contributed by atoms with van der Waals surface area (Å²) in [5, 5.41) is 24.3. The van der Waals surface area contributed by atoms with Crippen molar-refractivity contribution in [1.29, 1.82) is 0 Å². The topological polar surface area (TPSA) is 134 Å². The number of rotatable bonds is 9. The van der Waals surface area contributed by atoms with Gasteiger partial charge in [-0.05, 0) is 33.9 Å². The van der Waals surface area contributed by atoms with E-state index >= 15 is 0 Å². The Balaban J connectivity index is 1.30. The summed E-state index contributed by atoms with van der Waals surface area (Å²) in [5.74, 6) is -1.83. The molecule has 0 fully saturated rings. The first-order valence-electron chi connectivity index (χ1n) is 11.3. The highest BCUT2D eigenvalue weighted by Crippen LogP contribution is 2.44. The van der Waals surface area contributed by atoms with Gasteiger partial charge in [-0.2, -0.15) is 0 Å². The molecule has 1 atom stereocenters. The summed E-state index contributed by atoms with van der Waals surface area (Å²) in [4.78, 5) is 36.2. The highest BCUT2D eigenvalue weighted by Gasteiger charge is 2.29. The molecule has 0 aliphatic heterocycles. The number of nitrogens with one attached hydrogen (secondary N) is 2. The molecule has 1 aliphatic rings. The molecule has 186 valence electrons. The summed E-state index contributed by atoms with van der Waals surface area (Å²) >= 11 is 0. The van der Waals surface area contributed by atoms with Crippen LogP contribution in [0.4, 0.5) is 4.79 Å². The number of amides is 2. The van der Waals surface area contributed by atoms with Gasteiger partial charge >= 0.3 is 12.1 Å². The smallest absolute Gasteiger partial charge is 0.407 e. The summed E-state index contributed by atoms with van der Waals surface area (Å²) in [6.07, 6.45) is -0.936. The third kappa shape index (κ3) is 5.41. The van der Waals surface area contributed by atoms with Crippen LogP contribution in [0.2, 0.25) is 0 Å². The van der Waals surface area contributed by atoms with Crippen LogP contribution < -0.4 is 15.4 Å². The summed E-state index contributed by atoms with van der Waals surface area (Å²) in [5.41, 5.74) is 4.66. The van der Waals surface area contributed by atoms with E-state index in [0.717, 1.165) is 22.3 Å². The third-order valence-electron chi connectivity index (χ3n) is 6.09. The van der Waals surface area contributed by atoms with Crippen molar-refractivity contribution in [2.75, 3.05) is 20.3 Å². The van der Waals surface area contributed by atoms with Crippen molar-refractivity contribution in [1.82, 2.24) is 10.6 Å². The molecule has 1 aliphatic carbocycles. The molecule has 0 spiro atoms. The van der Waals surface area contributed by atoms with Crippen LogP contribution in [0.25, 0.3) is 11.1 Å². The maximum absolute atomic E-state index is 12.3. The lowest BCUT2D eigenvalue weighted by Gasteiger charge is -2.17. The number of fused-ring (bicyclic) bond motifs is 3. The standard InChI is InChI=1S/C27H26N2O7/c1-35-17-11-10-16(24(30)13-17)12-23(26(32)33)29-25(31)14-28-27(34)36-15-22-20-8-4-2-6-18(20)19-7-3-5-9-21(19)22/h2-11,13,22-23,30H,12,14-15H2,1H3,(H,28,34)(H,29,31)(H,32,33). The molecule has 0 saturated carbocycles. The summed E-state index contributed by atoms with van der Waals surface area (Å²) in [7, 11) is 1.44. The van der Waals surface area contributed by atoms with Crippen molar-refractivity contribution < 1.29 is 34.1 Å². The van der Waals surface area contributed by atoms with Gasteiger partial charge < -0.3 is 30.3 Å².